The van der Waals surface area contributed by atoms with Crippen molar-refractivity contribution in [2.75, 3.05) is 0 Å². The van der Waals surface area contributed by atoms with Crippen LogP contribution in [0.2, 0.25) is 0 Å². The lowest BCUT2D eigenvalue weighted by molar-refractivity contribution is -0.144. The standard InChI is InChI=1S/C18H21NO2/c1-14(16-11-7-4-8-12-16)19-18(2,17(20)21)13-15-9-5-3-6-10-15/h3-12,14,19H,13H2,1-2H3,(H,20,21)/t14?,18-/m0/s1. The van der Waals surface area contributed by atoms with Crippen LogP contribution in [0.5, 0.6) is 0 Å². The number of hydrogen-bond acceptors (Lipinski definition) is 2. The van der Waals surface area contributed by atoms with Crippen LogP contribution >= 0.6 is 0 Å². The molecule has 0 saturated carbocycles. The molecule has 3 heteroatoms. The number of carbonyl (C=O) groups is 1. The van der Waals surface area contributed by atoms with E-state index < -0.39 is 11.5 Å². The van der Waals surface area contributed by atoms with Crippen molar-refractivity contribution < 1.29 is 9.90 Å². The van der Waals surface area contributed by atoms with Crippen LogP contribution in [-0.4, -0.2) is 16.6 Å². The van der Waals surface area contributed by atoms with Crippen molar-refractivity contribution in [2.24, 2.45) is 0 Å². The van der Waals surface area contributed by atoms with E-state index in [1.807, 2.05) is 67.6 Å². The lowest BCUT2D eigenvalue weighted by Gasteiger charge is -2.30. The highest BCUT2D eigenvalue weighted by Gasteiger charge is 2.34. The minimum Gasteiger partial charge on any atom is -0.480 e. The normalized spacial score (nSPS) is 15.1. The van der Waals surface area contributed by atoms with E-state index >= 15 is 0 Å². The fraction of sp³-hybridized carbons (Fsp3) is 0.278. The zero-order valence-corrected chi connectivity index (χ0v) is 12.4. The van der Waals surface area contributed by atoms with Crippen molar-refractivity contribution >= 4 is 5.97 Å². The van der Waals surface area contributed by atoms with Gasteiger partial charge in [0.2, 0.25) is 0 Å². The molecule has 0 saturated heterocycles. The Hall–Kier alpha value is -2.13. The van der Waals surface area contributed by atoms with Crippen LogP contribution in [0.15, 0.2) is 60.7 Å². The smallest absolute Gasteiger partial charge is 0.323 e. The molecular formula is C18H21NO2. The van der Waals surface area contributed by atoms with Gasteiger partial charge >= 0.3 is 5.97 Å². The maximum Gasteiger partial charge on any atom is 0.323 e. The lowest BCUT2D eigenvalue weighted by Crippen LogP contribution is -2.52. The molecule has 110 valence electrons. The molecule has 0 aliphatic rings. The molecule has 2 N–H and O–H groups in total. The number of carboxylic acids is 1. The zero-order chi connectivity index (χ0) is 15.3. The molecule has 2 atom stereocenters. The van der Waals surface area contributed by atoms with Crippen molar-refractivity contribution in [3.8, 4) is 0 Å². The molecule has 0 spiro atoms. The predicted octanol–water partition coefficient (Wildman–Crippen LogP) is 3.42. The Labute approximate surface area is 125 Å². The summed E-state index contributed by atoms with van der Waals surface area (Å²) in [7, 11) is 0. The van der Waals surface area contributed by atoms with Crippen molar-refractivity contribution in [3.63, 3.8) is 0 Å². The molecule has 3 nitrogen and oxygen atoms in total. The summed E-state index contributed by atoms with van der Waals surface area (Å²) >= 11 is 0. The van der Waals surface area contributed by atoms with Crippen LogP contribution in [0.1, 0.15) is 31.0 Å². The van der Waals surface area contributed by atoms with Gasteiger partial charge < -0.3 is 5.11 Å². The molecule has 0 amide bonds. The van der Waals surface area contributed by atoms with Gasteiger partial charge in [0.1, 0.15) is 5.54 Å². The third kappa shape index (κ3) is 3.92. The van der Waals surface area contributed by atoms with Crippen LogP contribution in [0.4, 0.5) is 0 Å². The van der Waals surface area contributed by atoms with E-state index in [0.717, 1.165) is 11.1 Å². The fourth-order valence-electron chi connectivity index (χ4n) is 2.50. The minimum atomic E-state index is -1.00. The summed E-state index contributed by atoms with van der Waals surface area (Å²) in [6.07, 6.45) is 0.445. The Bertz CT molecular complexity index is 583. The van der Waals surface area contributed by atoms with Gasteiger partial charge in [0.25, 0.3) is 0 Å². The maximum atomic E-state index is 11.7. The van der Waals surface area contributed by atoms with Crippen LogP contribution < -0.4 is 5.32 Å². The van der Waals surface area contributed by atoms with E-state index in [2.05, 4.69) is 5.32 Å². The van der Waals surface area contributed by atoms with Gasteiger partial charge in [-0.1, -0.05) is 60.7 Å². The van der Waals surface area contributed by atoms with Crippen LogP contribution in [0, 0.1) is 0 Å². The molecule has 0 fully saturated rings. The van der Waals surface area contributed by atoms with E-state index in [9.17, 15) is 9.90 Å². The van der Waals surface area contributed by atoms with Crippen LogP contribution in [-0.2, 0) is 11.2 Å². The SMILES string of the molecule is CC(N[C@@](C)(Cc1ccccc1)C(=O)O)c1ccccc1. The van der Waals surface area contributed by atoms with Gasteiger partial charge in [0, 0.05) is 12.5 Å². The molecular weight excluding hydrogens is 262 g/mol. The van der Waals surface area contributed by atoms with Crippen LogP contribution in [0.3, 0.4) is 0 Å². The molecule has 0 aromatic heterocycles. The molecule has 0 aliphatic heterocycles. The number of aliphatic carboxylic acids is 1. The Balaban J connectivity index is 2.17. The molecule has 0 aliphatic carbocycles. The second kappa shape index (κ2) is 6.55. The van der Waals surface area contributed by atoms with Gasteiger partial charge in [-0.15, -0.1) is 0 Å². The van der Waals surface area contributed by atoms with Gasteiger partial charge in [-0.25, -0.2) is 0 Å². The number of hydrogen-bond donors (Lipinski definition) is 2. The van der Waals surface area contributed by atoms with E-state index in [-0.39, 0.29) is 6.04 Å². The Morgan fingerprint density at radius 3 is 2.14 bits per heavy atom. The maximum absolute atomic E-state index is 11.7. The minimum absolute atomic E-state index is 0.0315. The number of nitrogens with one attached hydrogen (secondary N) is 1. The molecule has 2 aromatic rings. The summed E-state index contributed by atoms with van der Waals surface area (Å²) in [5.41, 5.74) is 1.09. The second-order valence-corrected chi connectivity index (χ2v) is 5.58. The van der Waals surface area contributed by atoms with Crippen molar-refractivity contribution in [3.05, 3.63) is 71.8 Å². The molecule has 0 radical (unpaired) electrons. The lowest BCUT2D eigenvalue weighted by atomic mass is 9.91. The third-order valence-electron chi connectivity index (χ3n) is 3.71. The first-order valence-electron chi connectivity index (χ1n) is 7.11. The molecule has 2 rings (SSSR count). The summed E-state index contributed by atoms with van der Waals surface area (Å²) in [4.78, 5) is 11.7. The Kier molecular flexibility index (Phi) is 4.76. The summed E-state index contributed by atoms with van der Waals surface area (Å²) in [5.74, 6) is -0.839. The van der Waals surface area contributed by atoms with Gasteiger partial charge in [-0.3, -0.25) is 10.1 Å². The topological polar surface area (TPSA) is 49.3 Å². The van der Waals surface area contributed by atoms with Crippen molar-refractivity contribution in [1.29, 1.82) is 0 Å². The molecule has 21 heavy (non-hydrogen) atoms. The van der Waals surface area contributed by atoms with Gasteiger partial charge in [-0.05, 0) is 25.0 Å². The highest BCUT2D eigenvalue weighted by molar-refractivity contribution is 5.78. The van der Waals surface area contributed by atoms with Gasteiger partial charge in [0.05, 0.1) is 0 Å². The monoisotopic (exact) mass is 283 g/mol. The summed E-state index contributed by atoms with van der Waals surface area (Å²) in [5, 5.41) is 12.9. The number of rotatable bonds is 6. The highest BCUT2D eigenvalue weighted by Crippen LogP contribution is 2.20. The Morgan fingerprint density at radius 1 is 1.10 bits per heavy atom. The van der Waals surface area contributed by atoms with Crippen molar-refractivity contribution in [2.45, 2.75) is 31.8 Å². The molecule has 0 bridgehead atoms. The van der Waals surface area contributed by atoms with Gasteiger partial charge in [0.15, 0.2) is 0 Å². The first-order valence-corrected chi connectivity index (χ1v) is 7.11. The summed E-state index contributed by atoms with van der Waals surface area (Å²) in [6, 6.07) is 19.5. The Morgan fingerprint density at radius 2 is 1.62 bits per heavy atom. The zero-order valence-electron chi connectivity index (χ0n) is 12.4. The number of benzene rings is 2. The third-order valence-corrected chi connectivity index (χ3v) is 3.71. The average molecular weight is 283 g/mol. The molecule has 1 unspecified atom stereocenters. The first kappa shape index (κ1) is 15.3. The van der Waals surface area contributed by atoms with Crippen molar-refractivity contribution in [1.82, 2.24) is 5.32 Å². The van der Waals surface area contributed by atoms with Crippen LogP contribution in [0.25, 0.3) is 0 Å². The second-order valence-electron chi connectivity index (χ2n) is 5.58. The summed E-state index contributed by atoms with van der Waals surface area (Å²) in [6.45, 7) is 3.73. The van der Waals surface area contributed by atoms with Gasteiger partial charge in [-0.2, -0.15) is 0 Å². The molecule has 0 heterocycles. The fourth-order valence-corrected chi connectivity index (χ4v) is 2.50. The highest BCUT2D eigenvalue weighted by atomic mass is 16.4. The first-order chi connectivity index (χ1) is 10.0. The van der Waals surface area contributed by atoms with E-state index in [1.165, 1.54) is 0 Å². The van der Waals surface area contributed by atoms with E-state index in [0.29, 0.717) is 6.42 Å². The largest absolute Gasteiger partial charge is 0.480 e. The number of carboxylic acid groups (broad SMARTS) is 1. The van der Waals surface area contributed by atoms with E-state index in [4.69, 9.17) is 0 Å². The van der Waals surface area contributed by atoms with E-state index in [1.54, 1.807) is 6.92 Å². The summed E-state index contributed by atoms with van der Waals surface area (Å²) < 4.78 is 0. The molecule has 2 aromatic carbocycles. The predicted molar refractivity (Wildman–Crippen MR) is 84.2 cm³/mol. The quantitative estimate of drug-likeness (QED) is 0.854. The average Bonchev–Trinajstić information content (AvgIpc) is 2.49.